The Morgan fingerprint density at radius 1 is 0.963 bits per heavy atom. The summed E-state index contributed by atoms with van der Waals surface area (Å²) in [6.45, 7) is 6.79. The highest BCUT2D eigenvalue weighted by Gasteiger charge is 2.23. The fourth-order valence-corrected chi connectivity index (χ4v) is 3.37. The third-order valence-corrected chi connectivity index (χ3v) is 5.32. The van der Waals surface area contributed by atoms with Gasteiger partial charge in [-0.05, 0) is 48.6 Å². The molecule has 142 valence electrons. The Labute approximate surface area is 161 Å². The van der Waals surface area contributed by atoms with Crippen LogP contribution in [0.15, 0.2) is 48.8 Å². The first-order valence-electron chi connectivity index (χ1n) is 9.68. The van der Waals surface area contributed by atoms with Crippen molar-refractivity contribution in [2.24, 2.45) is 0 Å². The van der Waals surface area contributed by atoms with E-state index in [1.54, 1.807) is 24.5 Å². The molecule has 2 aromatic rings. The van der Waals surface area contributed by atoms with Gasteiger partial charge in [0.25, 0.3) is 11.8 Å². The molecule has 1 saturated heterocycles. The van der Waals surface area contributed by atoms with Crippen molar-refractivity contribution in [3.05, 3.63) is 65.5 Å². The van der Waals surface area contributed by atoms with Crippen LogP contribution in [-0.4, -0.2) is 52.8 Å². The van der Waals surface area contributed by atoms with E-state index < -0.39 is 0 Å². The number of benzene rings is 1. The molecule has 3 rings (SSSR count). The van der Waals surface area contributed by atoms with Crippen molar-refractivity contribution in [1.82, 2.24) is 14.8 Å². The number of hydrogen-bond donors (Lipinski definition) is 0. The summed E-state index contributed by atoms with van der Waals surface area (Å²) in [7, 11) is 0. The molecule has 0 aliphatic carbocycles. The summed E-state index contributed by atoms with van der Waals surface area (Å²) in [4.78, 5) is 33.2. The molecule has 1 atom stereocenters. The number of pyridine rings is 1. The summed E-state index contributed by atoms with van der Waals surface area (Å²) in [5.41, 5.74) is 2.57. The lowest BCUT2D eigenvalue weighted by Gasteiger charge is -2.22. The van der Waals surface area contributed by atoms with Crippen LogP contribution in [0, 0.1) is 0 Å². The van der Waals surface area contributed by atoms with E-state index in [4.69, 9.17) is 0 Å². The smallest absolute Gasteiger partial charge is 0.255 e. The van der Waals surface area contributed by atoms with E-state index in [1.165, 1.54) is 5.56 Å². The molecule has 1 unspecified atom stereocenters. The van der Waals surface area contributed by atoms with Gasteiger partial charge < -0.3 is 9.80 Å². The zero-order chi connectivity index (χ0) is 19.2. The van der Waals surface area contributed by atoms with Crippen LogP contribution in [0.1, 0.15) is 58.9 Å². The Bertz CT molecular complexity index is 774. The maximum atomic E-state index is 12.9. The molecule has 1 aliphatic rings. The van der Waals surface area contributed by atoms with Crippen LogP contribution in [-0.2, 0) is 0 Å². The van der Waals surface area contributed by atoms with Gasteiger partial charge >= 0.3 is 0 Å². The van der Waals surface area contributed by atoms with E-state index in [0.29, 0.717) is 43.2 Å². The molecule has 1 aliphatic heterocycles. The maximum Gasteiger partial charge on any atom is 0.255 e. The van der Waals surface area contributed by atoms with E-state index in [2.05, 4.69) is 31.0 Å². The monoisotopic (exact) mass is 365 g/mol. The number of nitrogens with zero attached hydrogens (tertiary/aromatic N) is 3. The Kier molecular flexibility index (Phi) is 6.22. The minimum atomic E-state index is -0.0182. The van der Waals surface area contributed by atoms with Crippen LogP contribution in [0.25, 0.3) is 0 Å². The quantitative estimate of drug-likeness (QED) is 0.832. The molecule has 5 heteroatoms. The lowest BCUT2D eigenvalue weighted by molar-refractivity contribution is 0.0718. The lowest BCUT2D eigenvalue weighted by Crippen LogP contribution is -2.37. The maximum absolute atomic E-state index is 12.9. The van der Waals surface area contributed by atoms with Gasteiger partial charge in [0.2, 0.25) is 0 Å². The highest BCUT2D eigenvalue weighted by Crippen LogP contribution is 2.20. The van der Waals surface area contributed by atoms with E-state index in [1.807, 2.05) is 21.9 Å². The topological polar surface area (TPSA) is 53.5 Å². The van der Waals surface area contributed by atoms with Crippen LogP contribution >= 0.6 is 0 Å². The highest BCUT2D eigenvalue weighted by molar-refractivity contribution is 5.95. The molecular weight excluding hydrogens is 338 g/mol. The standard InChI is InChI=1S/C22H27N3O2/c1-3-17(2)18-7-9-19(10-8-18)21(26)24-12-5-13-25(15-14-24)22(27)20-6-4-11-23-16-20/h4,6-11,16-17H,3,5,12-15H2,1-2H3. The Morgan fingerprint density at radius 2 is 1.59 bits per heavy atom. The Balaban J connectivity index is 1.63. The largest absolute Gasteiger partial charge is 0.337 e. The first-order chi connectivity index (χ1) is 13.1. The average Bonchev–Trinajstić information content (AvgIpc) is 2.99. The molecule has 0 saturated carbocycles. The Morgan fingerprint density at radius 3 is 2.15 bits per heavy atom. The van der Waals surface area contributed by atoms with Gasteiger partial charge in [-0.15, -0.1) is 0 Å². The van der Waals surface area contributed by atoms with Crippen molar-refractivity contribution in [3.8, 4) is 0 Å². The van der Waals surface area contributed by atoms with E-state index in [0.717, 1.165) is 12.8 Å². The van der Waals surface area contributed by atoms with Gasteiger partial charge in [-0.2, -0.15) is 0 Å². The summed E-state index contributed by atoms with van der Waals surface area (Å²) in [6, 6.07) is 11.5. The molecule has 0 radical (unpaired) electrons. The third kappa shape index (κ3) is 4.54. The molecule has 0 spiro atoms. The predicted octanol–water partition coefficient (Wildman–Crippen LogP) is 3.58. The number of hydrogen-bond acceptors (Lipinski definition) is 3. The van der Waals surface area contributed by atoms with E-state index in [9.17, 15) is 9.59 Å². The molecular formula is C22H27N3O2. The second kappa shape index (κ2) is 8.80. The summed E-state index contributed by atoms with van der Waals surface area (Å²) in [5.74, 6) is 0.524. The summed E-state index contributed by atoms with van der Waals surface area (Å²) < 4.78 is 0. The number of amides is 2. The van der Waals surface area contributed by atoms with Gasteiger partial charge in [-0.25, -0.2) is 0 Å². The SMILES string of the molecule is CCC(C)c1ccc(C(=O)N2CCCN(C(=O)c3cccnc3)CC2)cc1. The molecule has 0 N–H and O–H groups in total. The van der Waals surface area contributed by atoms with E-state index >= 15 is 0 Å². The van der Waals surface area contributed by atoms with Gasteiger partial charge in [-0.1, -0.05) is 26.0 Å². The first-order valence-corrected chi connectivity index (χ1v) is 9.68. The van der Waals surface area contributed by atoms with Crippen molar-refractivity contribution in [1.29, 1.82) is 0 Å². The lowest BCUT2D eigenvalue weighted by atomic mass is 9.97. The number of carbonyl (C=O) groups excluding carboxylic acids is 2. The van der Waals surface area contributed by atoms with Gasteiger partial charge in [0.1, 0.15) is 0 Å². The first kappa shape index (κ1) is 19.1. The molecule has 0 bridgehead atoms. The molecule has 1 aromatic carbocycles. The van der Waals surface area contributed by atoms with Crippen molar-refractivity contribution in [3.63, 3.8) is 0 Å². The van der Waals surface area contributed by atoms with Crippen LogP contribution in [0.4, 0.5) is 0 Å². The summed E-state index contributed by atoms with van der Waals surface area (Å²) >= 11 is 0. The highest BCUT2D eigenvalue weighted by atomic mass is 16.2. The van der Waals surface area contributed by atoms with Crippen LogP contribution in [0.2, 0.25) is 0 Å². The normalized spacial score (nSPS) is 15.9. The fraction of sp³-hybridized carbons (Fsp3) is 0.409. The second-order valence-electron chi connectivity index (χ2n) is 7.11. The minimum Gasteiger partial charge on any atom is -0.337 e. The zero-order valence-corrected chi connectivity index (χ0v) is 16.1. The number of rotatable bonds is 4. The number of carbonyl (C=O) groups is 2. The van der Waals surface area contributed by atoms with Crippen molar-refractivity contribution >= 4 is 11.8 Å². The summed E-state index contributed by atoms with van der Waals surface area (Å²) in [6.07, 6.45) is 5.12. The third-order valence-electron chi connectivity index (χ3n) is 5.32. The van der Waals surface area contributed by atoms with Crippen molar-refractivity contribution in [2.75, 3.05) is 26.2 Å². The van der Waals surface area contributed by atoms with E-state index in [-0.39, 0.29) is 11.8 Å². The van der Waals surface area contributed by atoms with Crippen LogP contribution in [0.3, 0.4) is 0 Å². The number of aromatic nitrogens is 1. The zero-order valence-electron chi connectivity index (χ0n) is 16.1. The Hall–Kier alpha value is -2.69. The van der Waals surface area contributed by atoms with Crippen molar-refractivity contribution < 1.29 is 9.59 Å². The van der Waals surface area contributed by atoms with Crippen molar-refractivity contribution in [2.45, 2.75) is 32.6 Å². The molecule has 2 heterocycles. The van der Waals surface area contributed by atoms with Gasteiger partial charge in [0.15, 0.2) is 0 Å². The molecule has 2 amide bonds. The molecule has 5 nitrogen and oxygen atoms in total. The molecule has 1 fully saturated rings. The second-order valence-corrected chi connectivity index (χ2v) is 7.11. The molecule has 1 aromatic heterocycles. The fourth-order valence-electron chi connectivity index (χ4n) is 3.37. The molecule has 27 heavy (non-hydrogen) atoms. The van der Waals surface area contributed by atoms with Gasteiger partial charge in [-0.3, -0.25) is 14.6 Å². The van der Waals surface area contributed by atoms with Crippen LogP contribution < -0.4 is 0 Å². The summed E-state index contributed by atoms with van der Waals surface area (Å²) in [5, 5.41) is 0. The van der Waals surface area contributed by atoms with Crippen LogP contribution in [0.5, 0.6) is 0 Å². The van der Waals surface area contributed by atoms with Gasteiger partial charge in [0.05, 0.1) is 5.56 Å². The minimum absolute atomic E-state index is 0.0182. The van der Waals surface area contributed by atoms with Gasteiger partial charge in [0, 0.05) is 44.1 Å². The predicted molar refractivity (Wildman–Crippen MR) is 106 cm³/mol. The average molecular weight is 365 g/mol.